The lowest BCUT2D eigenvalue weighted by Gasteiger charge is -2.42. The summed E-state index contributed by atoms with van der Waals surface area (Å²) in [7, 11) is 2.20. The maximum absolute atomic E-state index is 13.9. The number of piperazine rings is 1. The summed E-state index contributed by atoms with van der Waals surface area (Å²) < 4.78 is 3.12. The topological polar surface area (TPSA) is 73.9 Å². The molecule has 5 aromatic rings. The number of hydrogen-bond donors (Lipinski definition) is 2. The van der Waals surface area contributed by atoms with E-state index in [1.807, 2.05) is 12.1 Å². The predicted octanol–water partition coefficient (Wildman–Crippen LogP) is 6.45. The molecule has 7 heteroatoms. The van der Waals surface area contributed by atoms with Crippen LogP contribution in [0.4, 0.5) is 5.69 Å². The minimum Gasteiger partial charge on any atom is -0.508 e. The third kappa shape index (κ3) is 4.77. The summed E-state index contributed by atoms with van der Waals surface area (Å²) in [5.74, 6) is 0.0582. The largest absolute Gasteiger partial charge is 0.508 e. The van der Waals surface area contributed by atoms with Gasteiger partial charge in [0.2, 0.25) is 5.88 Å². The predicted molar refractivity (Wildman–Crippen MR) is 176 cm³/mol. The Labute approximate surface area is 257 Å². The third-order valence-corrected chi connectivity index (χ3v) is 9.22. The van der Waals surface area contributed by atoms with Crippen molar-refractivity contribution in [3.63, 3.8) is 0 Å². The van der Waals surface area contributed by atoms with E-state index in [-0.39, 0.29) is 23.2 Å². The molecule has 0 bridgehead atoms. The molecular weight excluding hydrogens is 548 g/mol. The number of hydrogen-bond acceptors (Lipinski definition) is 5. The fourth-order valence-electron chi connectivity index (χ4n) is 6.97. The van der Waals surface area contributed by atoms with E-state index in [1.165, 1.54) is 22.4 Å². The summed E-state index contributed by atoms with van der Waals surface area (Å²) in [6.45, 7) is 5.05. The molecule has 224 valence electrons. The zero-order valence-electron chi connectivity index (χ0n) is 25.3. The quantitative estimate of drug-likeness (QED) is 0.239. The molecule has 0 spiro atoms. The Hall–Kier alpha value is -4.75. The number of phenols is 1. The van der Waals surface area contributed by atoms with Gasteiger partial charge in [0.15, 0.2) is 0 Å². The molecule has 3 heterocycles. The van der Waals surface area contributed by atoms with Crippen molar-refractivity contribution < 1.29 is 10.2 Å². The first-order valence-electron chi connectivity index (χ1n) is 15.6. The minimum absolute atomic E-state index is 0.0637. The van der Waals surface area contributed by atoms with E-state index in [0.717, 1.165) is 50.0 Å². The zero-order chi connectivity index (χ0) is 30.4. The van der Waals surface area contributed by atoms with E-state index in [9.17, 15) is 15.0 Å². The molecule has 1 unspecified atom stereocenters. The molecule has 2 aliphatic rings. The number of phenolic OH excluding ortho intramolecular Hbond substituents is 1. The van der Waals surface area contributed by atoms with Crippen LogP contribution in [0.3, 0.4) is 0 Å². The Morgan fingerprint density at radius 2 is 1.64 bits per heavy atom. The second kappa shape index (κ2) is 11.4. The number of para-hydroxylation sites is 1. The van der Waals surface area contributed by atoms with Gasteiger partial charge in [0.25, 0.3) is 5.56 Å². The Kier molecular flexibility index (Phi) is 7.26. The van der Waals surface area contributed by atoms with Crippen LogP contribution in [0.15, 0.2) is 95.8 Å². The van der Waals surface area contributed by atoms with Crippen LogP contribution in [-0.4, -0.2) is 51.2 Å². The average Bonchev–Trinajstić information content (AvgIpc) is 3.20. The Bertz CT molecular complexity index is 1890. The Balaban J connectivity index is 1.39. The SMILES string of the molecule is CCCCc1c(O)n(-c2ccc(O)cc2)n(-c2cccc(-c3cccc4c3Cc3ccccc3N3CCN(C)CC43)c2)c1=O. The summed E-state index contributed by atoms with van der Waals surface area (Å²) in [5.41, 5.74) is 8.91. The molecule has 1 saturated heterocycles. The van der Waals surface area contributed by atoms with Gasteiger partial charge in [-0.25, -0.2) is 9.36 Å². The zero-order valence-corrected chi connectivity index (χ0v) is 25.3. The van der Waals surface area contributed by atoms with Crippen LogP contribution in [0.25, 0.3) is 22.5 Å². The van der Waals surface area contributed by atoms with E-state index in [0.29, 0.717) is 23.4 Å². The highest BCUT2D eigenvalue weighted by Crippen LogP contribution is 2.42. The van der Waals surface area contributed by atoms with Crippen molar-refractivity contribution in [2.75, 3.05) is 31.6 Å². The highest BCUT2D eigenvalue weighted by molar-refractivity contribution is 5.74. The Morgan fingerprint density at radius 3 is 2.45 bits per heavy atom. The lowest BCUT2D eigenvalue weighted by molar-refractivity contribution is 0.269. The van der Waals surface area contributed by atoms with Gasteiger partial charge in [-0.05, 0) is 90.2 Å². The molecule has 0 aliphatic carbocycles. The first-order chi connectivity index (χ1) is 21.4. The smallest absolute Gasteiger partial charge is 0.278 e. The number of nitrogens with zero attached hydrogens (tertiary/aromatic N) is 4. The molecule has 1 fully saturated rings. The summed E-state index contributed by atoms with van der Waals surface area (Å²) in [6.07, 6.45) is 3.03. The number of rotatable bonds is 6. The standard InChI is InChI=1S/C37H38N4O3/c1-3-4-12-32-36(43)40(27-16-18-29(42)19-17-27)41(37(32)44)28-11-7-10-25(22-28)30-13-8-14-31-33(30)23-26-9-5-6-15-34(26)39-21-20-38(2)24-35(31)39/h5-11,13-19,22,35,42-43H,3-4,12,20-21,23-24H2,1-2H3. The molecule has 2 aliphatic heterocycles. The second-order valence-electron chi connectivity index (χ2n) is 12.1. The van der Waals surface area contributed by atoms with Crippen LogP contribution in [0, 0.1) is 0 Å². The highest BCUT2D eigenvalue weighted by atomic mass is 16.3. The van der Waals surface area contributed by atoms with Crippen molar-refractivity contribution in [3.05, 3.63) is 124 Å². The highest BCUT2D eigenvalue weighted by Gasteiger charge is 2.33. The van der Waals surface area contributed by atoms with Crippen LogP contribution >= 0.6 is 0 Å². The Morgan fingerprint density at radius 1 is 0.841 bits per heavy atom. The number of anilines is 1. The van der Waals surface area contributed by atoms with Gasteiger partial charge < -0.3 is 20.0 Å². The van der Waals surface area contributed by atoms with Gasteiger partial charge in [-0.15, -0.1) is 0 Å². The molecule has 2 N–H and O–H groups in total. The second-order valence-corrected chi connectivity index (χ2v) is 12.1. The van der Waals surface area contributed by atoms with Gasteiger partial charge in [0.1, 0.15) is 5.75 Å². The molecule has 1 atom stereocenters. The summed E-state index contributed by atoms with van der Waals surface area (Å²) in [6, 6.07) is 30.3. The third-order valence-electron chi connectivity index (χ3n) is 9.22. The summed E-state index contributed by atoms with van der Waals surface area (Å²) in [5, 5.41) is 21.3. The van der Waals surface area contributed by atoms with Crippen LogP contribution in [0.5, 0.6) is 11.6 Å². The summed E-state index contributed by atoms with van der Waals surface area (Å²) in [4.78, 5) is 18.9. The van der Waals surface area contributed by atoms with Crippen molar-refractivity contribution in [3.8, 4) is 34.1 Å². The number of aromatic nitrogens is 2. The van der Waals surface area contributed by atoms with Crippen molar-refractivity contribution >= 4 is 5.69 Å². The molecule has 0 saturated carbocycles. The summed E-state index contributed by atoms with van der Waals surface area (Å²) >= 11 is 0. The van der Waals surface area contributed by atoms with E-state index in [1.54, 1.807) is 33.6 Å². The number of likely N-dealkylation sites (N-methyl/N-ethyl adjacent to an activating group) is 1. The van der Waals surface area contributed by atoms with Gasteiger partial charge in [-0.2, -0.15) is 0 Å². The number of benzene rings is 4. The molecular formula is C37H38N4O3. The van der Waals surface area contributed by atoms with Gasteiger partial charge in [-0.1, -0.05) is 61.9 Å². The van der Waals surface area contributed by atoms with Crippen molar-refractivity contribution in [2.45, 2.75) is 38.6 Å². The van der Waals surface area contributed by atoms with Crippen molar-refractivity contribution in [2.24, 2.45) is 0 Å². The normalized spacial score (nSPS) is 16.2. The minimum atomic E-state index is -0.233. The first-order valence-corrected chi connectivity index (χ1v) is 15.6. The molecule has 4 aromatic carbocycles. The number of unbranched alkanes of at least 4 members (excludes halogenated alkanes) is 1. The molecule has 1 aromatic heterocycles. The van der Waals surface area contributed by atoms with Crippen molar-refractivity contribution in [1.82, 2.24) is 14.3 Å². The van der Waals surface area contributed by atoms with E-state index >= 15 is 0 Å². The van der Waals surface area contributed by atoms with E-state index in [4.69, 9.17) is 0 Å². The lowest BCUT2D eigenvalue weighted by atomic mass is 9.88. The monoisotopic (exact) mass is 586 g/mol. The molecule has 7 nitrogen and oxygen atoms in total. The maximum atomic E-state index is 13.9. The van der Waals surface area contributed by atoms with Gasteiger partial charge in [-0.3, -0.25) is 4.79 Å². The van der Waals surface area contributed by atoms with Crippen LogP contribution in [-0.2, 0) is 12.8 Å². The van der Waals surface area contributed by atoms with Gasteiger partial charge >= 0.3 is 0 Å². The van der Waals surface area contributed by atoms with Crippen LogP contribution in [0.2, 0.25) is 0 Å². The molecule has 7 rings (SSSR count). The lowest BCUT2D eigenvalue weighted by Crippen LogP contribution is -2.46. The van der Waals surface area contributed by atoms with E-state index < -0.39 is 0 Å². The maximum Gasteiger partial charge on any atom is 0.278 e. The molecule has 44 heavy (non-hydrogen) atoms. The fourth-order valence-corrected chi connectivity index (χ4v) is 6.97. The van der Waals surface area contributed by atoms with Gasteiger partial charge in [0, 0.05) is 31.7 Å². The fraction of sp³-hybridized carbons (Fsp3) is 0.270. The first kappa shape index (κ1) is 28.0. The van der Waals surface area contributed by atoms with Crippen LogP contribution < -0.4 is 10.5 Å². The van der Waals surface area contributed by atoms with Crippen LogP contribution in [0.1, 0.15) is 48.1 Å². The van der Waals surface area contributed by atoms with Crippen molar-refractivity contribution in [1.29, 1.82) is 0 Å². The average molecular weight is 587 g/mol. The van der Waals surface area contributed by atoms with E-state index in [2.05, 4.69) is 78.4 Å². The number of aromatic hydroxyl groups is 2. The molecule has 0 amide bonds. The van der Waals surface area contributed by atoms with Gasteiger partial charge in [0.05, 0.1) is 23.0 Å². The number of fused-ring (bicyclic) bond motifs is 5. The molecule has 0 radical (unpaired) electrons.